The van der Waals surface area contributed by atoms with E-state index in [9.17, 15) is 0 Å². The molecule has 1 N–H and O–H groups in total. The van der Waals surface area contributed by atoms with Gasteiger partial charge in [0, 0.05) is 19.1 Å². The van der Waals surface area contributed by atoms with Gasteiger partial charge in [-0.2, -0.15) is 0 Å². The standard InChI is InChI=1S/C21H28N2O4/c1-23(2)17(16-6-8-18(24-3)20(12-16)25-4)14-22-13-15-5-7-19-21(11-15)27-10-9-26-19/h5-8,11-12,17,22H,9-10,13-14H2,1-4H3/t17-/m1/s1. The van der Waals surface area contributed by atoms with Crippen molar-refractivity contribution in [2.75, 3.05) is 48.1 Å². The molecule has 1 aliphatic heterocycles. The molecule has 6 nitrogen and oxygen atoms in total. The van der Waals surface area contributed by atoms with Gasteiger partial charge in [0.2, 0.25) is 0 Å². The second-order valence-corrected chi connectivity index (χ2v) is 6.70. The third-order valence-corrected chi connectivity index (χ3v) is 4.69. The second-order valence-electron chi connectivity index (χ2n) is 6.70. The van der Waals surface area contributed by atoms with E-state index in [0.29, 0.717) is 13.2 Å². The summed E-state index contributed by atoms with van der Waals surface area (Å²) in [6.07, 6.45) is 0. The third-order valence-electron chi connectivity index (χ3n) is 4.69. The lowest BCUT2D eigenvalue weighted by atomic mass is 10.0. The molecule has 2 aromatic carbocycles. The predicted octanol–water partition coefficient (Wildman–Crippen LogP) is 2.87. The normalized spacial score (nSPS) is 14.1. The Labute approximate surface area is 161 Å². The molecule has 1 heterocycles. The summed E-state index contributed by atoms with van der Waals surface area (Å²) in [6, 6.07) is 12.4. The van der Waals surface area contributed by atoms with Crippen LogP contribution in [0.4, 0.5) is 0 Å². The number of nitrogens with zero attached hydrogens (tertiary/aromatic N) is 1. The molecule has 27 heavy (non-hydrogen) atoms. The SMILES string of the molecule is COc1ccc([C@@H](CNCc2ccc3c(c2)OCCO3)N(C)C)cc1OC. The highest BCUT2D eigenvalue weighted by Crippen LogP contribution is 2.32. The van der Waals surface area contributed by atoms with E-state index in [1.54, 1.807) is 14.2 Å². The van der Waals surface area contributed by atoms with Gasteiger partial charge in [0.15, 0.2) is 23.0 Å². The van der Waals surface area contributed by atoms with Crippen LogP contribution in [0.2, 0.25) is 0 Å². The number of methoxy groups -OCH3 is 2. The molecule has 0 aromatic heterocycles. The first-order chi connectivity index (χ1) is 13.1. The number of hydrogen-bond donors (Lipinski definition) is 1. The Kier molecular flexibility index (Phi) is 6.42. The molecule has 0 bridgehead atoms. The highest BCUT2D eigenvalue weighted by Gasteiger charge is 2.17. The summed E-state index contributed by atoms with van der Waals surface area (Å²) in [5, 5.41) is 3.54. The summed E-state index contributed by atoms with van der Waals surface area (Å²) < 4.78 is 22.0. The first kappa shape index (κ1) is 19.3. The Bertz CT molecular complexity index is 764. The summed E-state index contributed by atoms with van der Waals surface area (Å²) in [5.41, 5.74) is 2.34. The van der Waals surface area contributed by atoms with Gasteiger partial charge in [0.05, 0.1) is 14.2 Å². The lowest BCUT2D eigenvalue weighted by molar-refractivity contribution is 0.171. The van der Waals surface area contributed by atoms with Crippen molar-refractivity contribution in [2.24, 2.45) is 0 Å². The molecule has 2 aromatic rings. The van der Waals surface area contributed by atoms with Crippen LogP contribution in [0.25, 0.3) is 0 Å². The Balaban J connectivity index is 1.65. The molecule has 0 saturated heterocycles. The molecular weight excluding hydrogens is 344 g/mol. The molecule has 3 rings (SSSR count). The minimum Gasteiger partial charge on any atom is -0.493 e. The van der Waals surface area contributed by atoms with Crippen LogP contribution in [0.15, 0.2) is 36.4 Å². The molecule has 1 aliphatic rings. The average Bonchev–Trinajstić information content (AvgIpc) is 2.70. The van der Waals surface area contributed by atoms with E-state index in [1.807, 2.05) is 24.3 Å². The van der Waals surface area contributed by atoms with Gasteiger partial charge in [-0.05, 0) is 49.5 Å². The Morgan fingerprint density at radius 2 is 1.70 bits per heavy atom. The third kappa shape index (κ3) is 4.64. The van der Waals surface area contributed by atoms with Crippen LogP contribution in [0, 0.1) is 0 Å². The maximum Gasteiger partial charge on any atom is 0.161 e. The van der Waals surface area contributed by atoms with Crippen LogP contribution in [-0.4, -0.2) is 53.0 Å². The van der Waals surface area contributed by atoms with Crippen molar-refractivity contribution in [3.8, 4) is 23.0 Å². The highest BCUT2D eigenvalue weighted by atomic mass is 16.6. The van der Waals surface area contributed by atoms with Crippen molar-refractivity contribution in [2.45, 2.75) is 12.6 Å². The maximum absolute atomic E-state index is 5.66. The van der Waals surface area contributed by atoms with E-state index in [1.165, 1.54) is 11.1 Å². The van der Waals surface area contributed by atoms with Crippen molar-refractivity contribution in [1.82, 2.24) is 10.2 Å². The van der Waals surface area contributed by atoms with Crippen molar-refractivity contribution in [3.05, 3.63) is 47.5 Å². The fourth-order valence-electron chi connectivity index (χ4n) is 3.21. The molecule has 0 aliphatic carbocycles. The average molecular weight is 372 g/mol. The fraction of sp³-hybridized carbons (Fsp3) is 0.429. The van der Waals surface area contributed by atoms with Crippen LogP contribution in [0.5, 0.6) is 23.0 Å². The van der Waals surface area contributed by atoms with Gasteiger partial charge >= 0.3 is 0 Å². The molecule has 0 fully saturated rings. The number of ether oxygens (including phenoxy) is 4. The summed E-state index contributed by atoms with van der Waals surface area (Å²) in [4.78, 5) is 2.19. The van der Waals surface area contributed by atoms with Gasteiger partial charge in [-0.3, -0.25) is 0 Å². The van der Waals surface area contributed by atoms with Gasteiger partial charge in [0.25, 0.3) is 0 Å². The molecule has 0 saturated carbocycles. The van der Waals surface area contributed by atoms with Crippen LogP contribution in [0.3, 0.4) is 0 Å². The summed E-state index contributed by atoms with van der Waals surface area (Å²) >= 11 is 0. The smallest absolute Gasteiger partial charge is 0.161 e. The van der Waals surface area contributed by atoms with Crippen molar-refractivity contribution < 1.29 is 18.9 Å². The summed E-state index contributed by atoms with van der Waals surface area (Å²) in [5.74, 6) is 3.13. The molecular formula is C21H28N2O4. The zero-order chi connectivity index (χ0) is 19.2. The molecule has 0 radical (unpaired) electrons. The summed E-state index contributed by atoms with van der Waals surface area (Å²) in [6.45, 7) is 2.78. The fourth-order valence-corrected chi connectivity index (χ4v) is 3.21. The number of rotatable bonds is 8. The minimum absolute atomic E-state index is 0.210. The predicted molar refractivity (Wildman–Crippen MR) is 105 cm³/mol. The first-order valence-corrected chi connectivity index (χ1v) is 9.10. The number of fused-ring (bicyclic) bond motifs is 1. The van der Waals surface area contributed by atoms with E-state index in [0.717, 1.165) is 36.1 Å². The van der Waals surface area contributed by atoms with Crippen LogP contribution in [0.1, 0.15) is 17.2 Å². The van der Waals surface area contributed by atoms with Gasteiger partial charge in [-0.15, -0.1) is 0 Å². The van der Waals surface area contributed by atoms with Crippen molar-refractivity contribution >= 4 is 0 Å². The zero-order valence-corrected chi connectivity index (χ0v) is 16.5. The molecule has 0 amide bonds. The highest BCUT2D eigenvalue weighted by molar-refractivity contribution is 5.44. The van der Waals surface area contributed by atoms with E-state index in [4.69, 9.17) is 18.9 Å². The first-order valence-electron chi connectivity index (χ1n) is 9.10. The van der Waals surface area contributed by atoms with E-state index in [-0.39, 0.29) is 6.04 Å². The van der Waals surface area contributed by atoms with E-state index >= 15 is 0 Å². The van der Waals surface area contributed by atoms with Gasteiger partial charge < -0.3 is 29.2 Å². The topological polar surface area (TPSA) is 52.2 Å². The van der Waals surface area contributed by atoms with E-state index < -0.39 is 0 Å². The van der Waals surface area contributed by atoms with Gasteiger partial charge in [-0.25, -0.2) is 0 Å². The van der Waals surface area contributed by atoms with Crippen molar-refractivity contribution in [1.29, 1.82) is 0 Å². The van der Waals surface area contributed by atoms with Crippen molar-refractivity contribution in [3.63, 3.8) is 0 Å². The number of benzene rings is 2. The lowest BCUT2D eigenvalue weighted by Gasteiger charge is -2.26. The molecule has 0 spiro atoms. The maximum atomic E-state index is 5.66. The monoisotopic (exact) mass is 372 g/mol. The van der Waals surface area contributed by atoms with Crippen LogP contribution >= 0.6 is 0 Å². The Hall–Kier alpha value is -2.44. The van der Waals surface area contributed by atoms with Crippen LogP contribution < -0.4 is 24.3 Å². The lowest BCUT2D eigenvalue weighted by Crippen LogP contribution is -2.30. The number of hydrogen-bond acceptors (Lipinski definition) is 6. The van der Waals surface area contributed by atoms with Crippen LogP contribution in [-0.2, 0) is 6.54 Å². The Morgan fingerprint density at radius 1 is 0.963 bits per heavy atom. The number of nitrogens with one attached hydrogen (secondary N) is 1. The molecule has 0 unspecified atom stereocenters. The molecule has 6 heteroatoms. The van der Waals surface area contributed by atoms with Gasteiger partial charge in [-0.1, -0.05) is 12.1 Å². The zero-order valence-electron chi connectivity index (χ0n) is 16.5. The summed E-state index contributed by atoms with van der Waals surface area (Å²) in [7, 11) is 7.46. The number of likely N-dealkylation sites (N-methyl/N-ethyl adjacent to an activating group) is 1. The quantitative estimate of drug-likeness (QED) is 0.769. The minimum atomic E-state index is 0.210. The molecule has 1 atom stereocenters. The second kappa shape index (κ2) is 8.97. The molecule has 146 valence electrons. The van der Waals surface area contributed by atoms with Gasteiger partial charge in [0.1, 0.15) is 13.2 Å². The Morgan fingerprint density at radius 3 is 2.41 bits per heavy atom. The van der Waals surface area contributed by atoms with E-state index in [2.05, 4.69) is 36.4 Å². The largest absolute Gasteiger partial charge is 0.493 e.